The third kappa shape index (κ3) is 3.30. The third-order valence-electron chi connectivity index (χ3n) is 4.93. The number of rotatable bonds is 3. The third-order valence-corrected chi connectivity index (χ3v) is 4.93. The Morgan fingerprint density at radius 3 is 2.67 bits per heavy atom. The second-order valence-corrected chi connectivity index (χ2v) is 6.87. The van der Waals surface area contributed by atoms with E-state index in [1.54, 1.807) is 6.20 Å². The molecule has 0 unspecified atom stereocenters. The lowest BCUT2D eigenvalue weighted by atomic mass is 10.2. The molecule has 1 saturated heterocycles. The zero-order valence-corrected chi connectivity index (χ0v) is 15.8. The Labute approximate surface area is 157 Å². The molecule has 4 rings (SSSR count). The summed E-state index contributed by atoms with van der Waals surface area (Å²) in [6.45, 7) is 6.68. The highest BCUT2D eigenvalue weighted by Gasteiger charge is 2.25. The van der Waals surface area contributed by atoms with E-state index in [0.29, 0.717) is 18.8 Å². The van der Waals surface area contributed by atoms with Crippen molar-refractivity contribution in [1.29, 1.82) is 0 Å². The molecular formula is C19H23N7O. The number of hydrogen-bond donors (Lipinski definition) is 1. The fourth-order valence-electron chi connectivity index (χ4n) is 3.41. The lowest BCUT2D eigenvalue weighted by Gasteiger charge is -2.35. The van der Waals surface area contributed by atoms with Gasteiger partial charge in [-0.3, -0.25) is 14.9 Å². The van der Waals surface area contributed by atoms with E-state index in [9.17, 15) is 4.79 Å². The number of carbonyl (C=O) groups is 1. The van der Waals surface area contributed by atoms with E-state index in [1.165, 1.54) is 0 Å². The molecule has 0 saturated carbocycles. The Bertz CT molecular complexity index is 966. The molecule has 3 aromatic heterocycles. The number of aromatic amines is 1. The van der Waals surface area contributed by atoms with Gasteiger partial charge >= 0.3 is 0 Å². The number of H-pyrrole nitrogens is 1. The van der Waals surface area contributed by atoms with Gasteiger partial charge in [0.1, 0.15) is 17.2 Å². The van der Waals surface area contributed by atoms with Gasteiger partial charge in [0, 0.05) is 45.6 Å². The zero-order valence-electron chi connectivity index (χ0n) is 15.8. The largest absolute Gasteiger partial charge is 0.352 e. The molecule has 140 valence electrons. The predicted molar refractivity (Wildman–Crippen MR) is 103 cm³/mol. The first-order valence-electron chi connectivity index (χ1n) is 9.04. The normalized spacial score (nSPS) is 14.6. The van der Waals surface area contributed by atoms with Crippen LogP contribution < -0.4 is 4.90 Å². The van der Waals surface area contributed by atoms with Crippen LogP contribution in [0.15, 0.2) is 30.6 Å². The number of amides is 1. The van der Waals surface area contributed by atoms with Crippen LogP contribution in [0.1, 0.15) is 21.9 Å². The maximum absolute atomic E-state index is 12.8. The lowest BCUT2D eigenvalue weighted by molar-refractivity contribution is 0.0740. The molecule has 3 aromatic rings. The number of anilines is 1. The Morgan fingerprint density at radius 1 is 1.19 bits per heavy atom. The number of nitrogens with zero attached hydrogens (tertiary/aromatic N) is 6. The van der Waals surface area contributed by atoms with Crippen LogP contribution in [0.25, 0.3) is 11.4 Å². The highest BCUT2D eigenvalue weighted by Crippen LogP contribution is 2.20. The van der Waals surface area contributed by atoms with Crippen molar-refractivity contribution >= 4 is 11.7 Å². The van der Waals surface area contributed by atoms with Crippen molar-refractivity contribution in [2.75, 3.05) is 31.1 Å². The first kappa shape index (κ1) is 17.3. The summed E-state index contributed by atoms with van der Waals surface area (Å²) in [5.74, 6) is 0.893. The van der Waals surface area contributed by atoms with Crippen LogP contribution in [0.2, 0.25) is 0 Å². The van der Waals surface area contributed by atoms with Crippen LogP contribution in [0.5, 0.6) is 0 Å². The molecule has 1 amide bonds. The summed E-state index contributed by atoms with van der Waals surface area (Å²) in [5.41, 5.74) is 4.09. The van der Waals surface area contributed by atoms with Crippen molar-refractivity contribution in [1.82, 2.24) is 29.6 Å². The molecule has 1 aliphatic heterocycles. The van der Waals surface area contributed by atoms with Crippen molar-refractivity contribution in [3.8, 4) is 11.4 Å². The molecule has 0 bridgehead atoms. The van der Waals surface area contributed by atoms with Crippen LogP contribution in [0.4, 0.5) is 5.82 Å². The van der Waals surface area contributed by atoms with Crippen LogP contribution in [-0.4, -0.2) is 61.7 Å². The molecule has 8 nitrogen and oxygen atoms in total. The number of nitrogens with one attached hydrogen (secondary N) is 1. The smallest absolute Gasteiger partial charge is 0.272 e. The molecule has 27 heavy (non-hydrogen) atoms. The van der Waals surface area contributed by atoms with E-state index >= 15 is 0 Å². The molecule has 1 N–H and O–H groups in total. The van der Waals surface area contributed by atoms with Gasteiger partial charge in [0.2, 0.25) is 0 Å². The molecule has 0 aromatic carbocycles. The van der Waals surface area contributed by atoms with Crippen LogP contribution >= 0.6 is 0 Å². The number of aryl methyl sites for hydroxylation is 3. The van der Waals surface area contributed by atoms with Crippen molar-refractivity contribution < 1.29 is 4.79 Å². The van der Waals surface area contributed by atoms with Crippen molar-refractivity contribution in [3.63, 3.8) is 0 Å². The quantitative estimate of drug-likeness (QED) is 0.765. The van der Waals surface area contributed by atoms with Gasteiger partial charge in [-0.1, -0.05) is 0 Å². The van der Waals surface area contributed by atoms with Gasteiger partial charge in [0.15, 0.2) is 0 Å². The second-order valence-electron chi connectivity index (χ2n) is 6.87. The minimum absolute atomic E-state index is 0.0188. The summed E-state index contributed by atoms with van der Waals surface area (Å²) in [6, 6.07) is 5.76. The Hall–Kier alpha value is -3.16. The minimum Gasteiger partial charge on any atom is -0.352 e. The summed E-state index contributed by atoms with van der Waals surface area (Å²) in [4.78, 5) is 25.9. The van der Waals surface area contributed by atoms with Crippen LogP contribution in [0, 0.1) is 13.8 Å². The van der Waals surface area contributed by atoms with E-state index in [2.05, 4.69) is 25.1 Å². The van der Waals surface area contributed by atoms with Gasteiger partial charge in [-0.15, -0.1) is 0 Å². The van der Waals surface area contributed by atoms with Crippen molar-refractivity contribution in [2.24, 2.45) is 7.05 Å². The van der Waals surface area contributed by atoms with Gasteiger partial charge in [-0.2, -0.15) is 5.10 Å². The lowest BCUT2D eigenvalue weighted by Crippen LogP contribution is -2.49. The predicted octanol–water partition coefficient (Wildman–Crippen LogP) is 1.78. The van der Waals surface area contributed by atoms with Gasteiger partial charge in [0.25, 0.3) is 5.91 Å². The van der Waals surface area contributed by atoms with E-state index in [1.807, 2.05) is 54.8 Å². The van der Waals surface area contributed by atoms with Crippen LogP contribution in [0.3, 0.4) is 0 Å². The molecule has 0 spiro atoms. The van der Waals surface area contributed by atoms with E-state index in [4.69, 9.17) is 0 Å². The zero-order chi connectivity index (χ0) is 19.0. The second kappa shape index (κ2) is 6.86. The molecule has 0 radical (unpaired) electrons. The SMILES string of the molecule is Cc1cnc(C)c(N2CCN(C(=O)c3cc(-c4cccn4C)n[nH]3)CC2)n1. The van der Waals surface area contributed by atoms with E-state index in [0.717, 1.165) is 41.7 Å². The van der Waals surface area contributed by atoms with Crippen molar-refractivity contribution in [2.45, 2.75) is 13.8 Å². The van der Waals surface area contributed by atoms with Gasteiger partial charge in [-0.05, 0) is 32.0 Å². The van der Waals surface area contributed by atoms with E-state index in [-0.39, 0.29) is 5.91 Å². The standard InChI is InChI=1S/C19H23N7O/c1-13-12-20-14(2)18(21-13)25-7-9-26(10-8-25)19(27)16-11-15(22-23-16)17-5-4-6-24(17)3/h4-6,11-12H,7-10H2,1-3H3,(H,22,23). The average Bonchev–Trinajstić information content (AvgIpc) is 3.32. The number of piperazine rings is 1. The highest BCUT2D eigenvalue weighted by molar-refractivity contribution is 5.93. The molecule has 8 heteroatoms. The summed E-state index contributed by atoms with van der Waals surface area (Å²) in [7, 11) is 1.96. The Morgan fingerprint density at radius 2 is 1.96 bits per heavy atom. The topological polar surface area (TPSA) is 82.9 Å². The number of carbonyl (C=O) groups excluding carboxylic acids is 1. The average molecular weight is 365 g/mol. The first-order chi connectivity index (χ1) is 13.0. The van der Waals surface area contributed by atoms with Gasteiger partial charge in [-0.25, -0.2) is 4.98 Å². The highest BCUT2D eigenvalue weighted by atomic mass is 16.2. The van der Waals surface area contributed by atoms with Gasteiger partial charge in [0.05, 0.1) is 17.1 Å². The van der Waals surface area contributed by atoms with E-state index < -0.39 is 0 Å². The molecule has 4 heterocycles. The van der Waals surface area contributed by atoms with Crippen LogP contribution in [-0.2, 0) is 7.05 Å². The summed E-state index contributed by atoms with van der Waals surface area (Å²) in [5, 5.41) is 7.18. The fourth-order valence-corrected chi connectivity index (χ4v) is 3.41. The molecule has 0 atom stereocenters. The van der Waals surface area contributed by atoms with Crippen molar-refractivity contribution in [3.05, 3.63) is 47.7 Å². The number of hydrogen-bond acceptors (Lipinski definition) is 5. The van der Waals surface area contributed by atoms with Gasteiger partial charge < -0.3 is 14.4 Å². The Kier molecular flexibility index (Phi) is 4.39. The molecule has 1 aliphatic rings. The summed E-state index contributed by atoms with van der Waals surface area (Å²) >= 11 is 0. The summed E-state index contributed by atoms with van der Waals surface area (Å²) in [6.07, 6.45) is 3.74. The minimum atomic E-state index is -0.0188. The first-order valence-corrected chi connectivity index (χ1v) is 9.04. The monoisotopic (exact) mass is 365 g/mol. The summed E-state index contributed by atoms with van der Waals surface area (Å²) < 4.78 is 1.98. The maximum atomic E-state index is 12.8. The Balaban J connectivity index is 1.44. The molecule has 1 fully saturated rings. The number of aromatic nitrogens is 5. The fraction of sp³-hybridized carbons (Fsp3) is 0.368. The molecule has 0 aliphatic carbocycles. The maximum Gasteiger partial charge on any atom is 0.272 e. The molecular weight excluding hydrogens is 342 g/mol.